The normalized spacial score (nSPS) is 26.4. The average Bonchev–Trinajstić information content (AvgIpc) is 3.23. The van der Waals surface area contributed by atoms with Crippen molar-refractivity contribution in [1.82, 2.24) is 10.6 Å². The number of carbonyl (C=O) groups is 1. The van der Waals surface area contributed by atoms with Gasteiger partial charge in [0.25, 0.3) is 0 Å². The largest absolute Gasteiger partial charge is 0.390 e. The van der Waals surface area contributed by atoms with E-state index < -0.39 is 52.7 Å². The van der Waals surface area contributed by atoms with Crippen LogP contribution in [-0.4, -0.2) is 46.5 Å². The van der Waals surface area contributed by atoms with Crippen LogP contribution in [-0.2, 0) is 10.2 Å². The van der Waals surface area contributed by atoms with E-state index in [9.17, 15) is 20.3 Å². The lowest BCUT2D eigenvalue weighted by Gasteiger charge is -2.41. The number of amides is 1. The molecule has 1 saturated carbocycles. The smallest absolute Gasteiger partial charge is 0.237 e. The van der Waals surface area contributed by atoms with Crippen LogP contribution in [0, 0.1) is 28.4 Å². The quantitative estimate of drug-likeness (QED) is 0.268. The molecule has 2 aliphatic rings. The second kappa shape index (κ2) is 12.8. The Morgan fingerprint density at radius 2 is 1.90 bits per heavy atom. The number of aliphatic hydroxyl groups is 2. The molecule has 5 atom stereocenters. The Labute approximate surface area is 256 Å². The molecular formula is C32H39Cl2F2N3O3. The van der Waals surface area contributed by atoms with E-state index in [0.717, 1.165) is 38.2 Å². The van der Waals surface area contributed by atoms with Gasteiger partial charge in [-0.25, -0.2) is 8.78 Å². The van der Waals surface area contributed by atoms with E-state index in [1.54, 1.807) is 6.07 Å². The molecule has 4 rings (SSSR count). The van der Waals surface area contributed by atoms with Crippen LogP contribution < -0.4 is 10.6 Å². The topological polar surface area (TPSA) is 105 Å². The first-order chi connectivity index (χ1) is 19.7. The Bertz CT molecular complexity index is 1340. The van der Waals surface area contributed by atoms with Crippen molar-refractivity contribution in [2.75, 3.05) is 6.54 Å². The highest BCUT2D eigenvalue weighted by molar-refractivity contribution is 6.31. The zero-order chi connectivity index (χ0) is 30.9. The van der Waals surface area contributed by atoms with Gasteiger partial charge in [0.2, 0.25) is 5.91 Å². The van der Waals surface area contributed by atoms with Gasteiger partial charge in [0.1, 0.15) is 17.0 Å². The third-order valence-electron chi connectivity index (χ3n) is 9.21. The van der Waals surface area contributed by atoms with Crippen molar-refractivity contribution in [2.24, 2.45) is 5.41 Å². The summed E-state index contributed by atoms with van der Waals surface area (Å²) in [4.78, 5) is 13.9. The van der Waals surface area contributed by atoms with E-state index in [1.165, 1.54) is 38.1 Å². The summed E-state index contributed by atoms with van der Waals surface area (Å²) >= 11 is 12.3. The van der Waals surface area contributed by atoms with Gasteiger partial charge in [0.15, 0.2) is 0 Å². The van der Waals surface area contributed by atoms with Crippen molar-refractivity contribution < 1.29 is 23.8 Å². The van der Waals surface area contributed by atoms with E-state index in [2.05, 4.69) is 23.6 Å². The molecule has 228 valence electrons. The zero-order valence-corrected chi connectivity index (χ0v) is 25.7. The molecule has 4 N–H and O–H groups in total. The maximum atomic E-state index is 15.8. The van der Waals surface area contributed by atoms with E-state index in [1.807, 2.05) is 0 Å². The number of hydrogen-bond acceptors (Lipinski definition) is 5. The lowest BCUT2D eigenvalue weighted by Crippen LogP contribution is -2.47. The van der Waals surface area contributed by atoms with Crippen LogP contribution in [0.3, 0.4) is 0 Å². The molecule has 6 nitrogen and oxygen atoms in total. The number of benzene rings is 2. The van der Waals surface area contributed by atoms with Crippen molar-refractivity contribution in [2.45, 2.75) is 101 Å². The first kappa shape index (κ1) is 32.6. The van der Waals surface area contributed by atoms with Crippen LogP contribution in [0.2, 0.25) is 10.0 Å². The predicted octanol–water partition coefficient (Wildman–Crippen LogP) is 6.16. The summed E-state index contributed by atoms with van der Waals surface area (Å²) in [5, 5.41) is 37.5. The molecule has 2 aromatic rings. The monoisotopic (exact) mass is 621 g/mol. The maximum absolute atomic E-state index is 15.8. The van der Waals surface area contributed by atoms with Gasteiger partial charge in [0, 0.05) is 29.1 Å². The summed E-state index contributed by atoms with van der Waals surface area (Å²) in [7, 11) is 0. The van der Waals surface area contributed by atoms with Gasteiger partial charge in [-0.05, 0) is 68.7 Å². The number of halogens is 4. The highest BCUT2D eigenvalue weighted by Crippen LogP contribution is 2.54. The Morgan fingerprint density at radius 1 is 1.21 bits per heavy atom. The Balaban J connectivity index is 1.85. The van der Waals surface area contributed by atoms with Crippen molar-refractivity contribution >= 4 is 29.1 Å². The number of hydrogen-bond donors (Lipinski definition) is 4. The fourth-order valence-corrected chi connectivity index (χ4v) is 7.18. The summed E-state index contributed by atoms with van der Waals surface area (Å²) in [6.07, 6.45) is 4.42. The molecule has 4 unspecified atom stereocenters. The Kier molecular flexibility index (Phi) is 9.91. The fourth-order valence-electron chi connectivity index (χ4n) is 6.84. The van der Waals surface area contributed by atoms with Crippen molar-refractivity contribution in [3.63, 3.8) is 0 Å². The first-order valence-electron chi connectivity index (χ1n) is 14.5. The predicted molar refractivity (Wildman–Crippen MR) is 159 cm³/mol. The molecule has 0 bridgehead atoms. The van der Waals surface area contributed by atoms with Crippen LogP contribution >= 0.6 is 23.2 Å². The van der Waals surface area contributed by atoms with Crippen LogP contribution in [0.5, 0.6) is 0 Å². The Morgan fingerprint density at radius 3 is 2.52 bits per heavy atom. The van der Waals surface area contributed by atoms with Gasteiger partial charge in [-0.15, -0.1) is 0 Å². The Hall–Kier alpha value is -2.28. The molecular weight excluding hydrogens is 583 g/mol. The molecule has 2 fully saturated rings. The standard InChI is InChI=1S/C32H39Cl2F2N3O3/c1-30(2,42)25(40)12-15-38-29(41)28-26(20-8-7-9-22(34)27(20)36)32(18-37,21-11-10-19(33)16-23(21)35)24(39-28)17-31(3)13-5-4-6-14-31/h7-11,16,24-26,28,39-40,42H,4-6,12-15,17H2,1-3H3,(H,38,41)/t24?,25?,26?,28?,32-/m1/s1. The summed E-state index contributed by atoms with van der Waals surface area (Å²) in [5.41, 5.74) is -3.19. The average molecular weight is 623 g/mol. The third-order valence-corrected chi connectivity index (χ3v) is 9.73. The van der Waals surface area contributed by atoms with Crippen LogP contribution in [0.1, 0.15) is 82.8 Å². The molecule has 0 radical (unpaired) electrons. The molecule has 10 heteroatoms. The van der Waals surface area contributed by atoms with E-state index in [0.29, 0.717) is 6.42 Å². The number of nitrogens with one attached hydrogen (secondary N) is 2. The van der Waals surface area contributed by atoms with Gasteiger partial charge in [-0.2, -0.15) is 5.26 Å². The van der Waals surface area contributed by atoms with Gasteiger partial charge in [-0.3, -0.25) is 4.79 Å². The van der Waals surface area contributed by atoms with Crippen molar-refractivity contribution in [3.05, 3.63) is 69.2 Å². The first-order valence-corrected chi connectivity index (χ1v) is 15.2. The van der Waals surface area contributed by atoms with Crippen LogP contribution in [0.25, 0.3) is 0 Å². The molecule has 0 aromatic heterocycles. The number of nitrogens with zero attached hydrogens (tertiary/aromatic N) is 1. The molecule has 1 aliphatic heterocycles. The number of rotatable bonds is 9. The SMILES string of the molecule is CC1(CC2NC(C(=O)NCCC(O)C(C)(C)O)C(c3cccc(Cl)c3F)[C@]2(C#N)c2ccc(Cl)cc2F)CCCCC1. The van der Waals surface area contributed by atoms with Crippen LogP contribution in [0.4, 0.5) is 8.78 Å². The summed E-state index contributed by atoms with van der Waals surface area (Å²) in [5.74, 6) is -3.19. The molecule has 1 aliphatic carbocycles. The highest BCUT2D eigenvalue weighted by atomic mass is 35.5. The lowest BCUT2D eigenvalue weighted by atomic mass is 9.61. The minimum atomic E-state index is -1.70. The number of carbonyl (C=O) groups excluding carboxylic acids is 1. The fraction of sp³-hybridized carbons (Fsp3) is 0.562. The minimum absolute atomic E-state index is 0.0180. The molecule has 1 heterocycles. The van der Waals surface area contributed by atoms with Gasteiger partial charge in [0.05, 0.1) is 28.8 Å². The molecule has 1 saturated heterocycles. The van der Waals surface area contributed by atoms with Crippen molar-refractivity contribution in [1.29, 1.82) is 5.26 Å². The highest BCUT2D eigenvalue weighted by Gasteiger charge is 2.61. The molecule has 42 heavy (non-hydrogen) atoms. The zero-order valence-electron chi connectivity index (χ0n) is 24.2. The van der Waals surface area contributed by atoms with Gasteiger partial charge >= 0.3 is 0 Å². The second-order valence-electron chi connectivity index (χ2n) is 12.7. The second-order valence-corrected chi connectivity index (χ2v) is 13.6. The number of aliphatic hydroxyl groups excluding tert-OH is 1. The summed E-state index contributed by atoms with van der Waals surface area (Å²) in [6.45, 7) is 5.10. The summed E-state index contributed by atoms with van der Waals surface area (Å²) < 4.78 is 31.7. The van der Waals surface area contributed by atoms with Gasteiger partial charge in [-0.1, -0.05) is 67.6 Å². The van der Waals surface area contributed by atoms with E-state index in [4.69, 9.17) is 23.2 Å². The van der Waals surface area contributed by atoms with Crippen LogP contribution in [0.15, 0.2) is 36.4 Å². The lowest BCUT2D eigenvalue weighted by molar-refractivity contribution is -0.123. The van der Waals surface area contributed by atoms with E-state index in [-0.39, 0.29) is 39.6 Å². The minimum Gasteiger partial charge on any atom is -0.390 e. The van der Waals surface area contributed by atoms with Crippen molar-refractivity contribution in [3.8, 4) is 6.07 Å². The molecule has 0 spiro atoms. The maximum Gasteiger partial charge on any atom is 0.237 e. The summed E-state index contributed by atoms with van der Waals surface area (Å²) in [6, 6.07) is 9.01. The molecule has 1 amide bonds. The molecule has 2 aromatic carbocycles. The van der Waals surface area contributed by atoms with E-state index >= 15 is 8.78 Å². The van der Waals surface area contributed by atoms with Gasteiger partial charge < -0.3 is 20.8 Å². The third kappa shape index (κ3) is 6.46. The number of nitriles is 1.